The van der Waals surface area contributed by atoms with Gasteiger partial charge in [-0.1, -0.05) is 0 Å². The van der Waals surface area contributed by atoms with Crippen LogP contribution >= 0.6 is 11.3 Å². The Hall–Kier alpha value is -2.41. The third-order valence-corrected chi connectivity index (χ3v) is 5.27. The number of imidazole rings is 1. The van der Waals surface area contributed by atoms with E-state index in [-0.39, 0.29) is 12.1 Å². The van der Waals surface area contributed by atoms with E-state index in [2.05, 4.69) is 25.6 Å². The largest absolute Gasteiger partial charge is 0.342 e. The summed E-state index contributed by atoms with van der Waals surface area (Å²) in [4.78, 5) is 25.8. The summed E-state index contributed by atoms with van der Waals surface area (Å²) < 4.78 is 0. The molecule has 0 bridgehead atoms. The number of amides is 2. The van der Waals surface area contributed by atoms with Crippen molar-refractivity contribution < 1.29 is 4.79 Å². The maximum atomic E-state index is 12.4. The van der Waals surface area contributed by atoms with Gasteiger partial charge in [0.1, 0.15) is 5.82 Å². The van der Waals surface area contributed by atoms with Crippen LogP contribution in [-0.4, -0.2) is 21.0 Å². The molecule has 4 rings (SSSR count). The fourth-order valence-electron chi connectivity index (χ4n) is 3.22. The van der Waals surface area contributed by atoms with Crippen molar-refractivity contribution in [2.24, 2.45) is 0 Å². The average molecular weight is 341 g/mol. The molecular weight excluding hydrogens is 322 g/mol. The van der Waals surface area contributed by atoms with Gasteiger partial charge >= 0.3 is 6.03 Å². The number of aryl methyl sites for hydroxylation is 3. The number of rotatable bonds is 2. The smallest absolute Gasteiger partial charge is 0.319 e. The second kappa shape index (κ2) is 5.90. The maximum absolute atomic E-state index is 12.4. The highest BCUT2D eigenvalue weighted by Crippen LogP contribution is 2.33. The number of H-pyrrole nitrogens is 1. The molecule has 0 unspecified atom stereocenters. The fraction of sp³-hybridized carbons (Fsp3) is 0.353. The predicted octanol–water partition coefficient (Wildman–Crippen LogP) is 3.84. The zero-order valence-corrected chi connectivity index (χ0v) is 14.5. The average Bonchev–Trinajstić information content (AvgIpc) is 3.08. The summed E-state index contributed by atoms with van der Waals surface area (Å²) in [6, 6.07) is 5.46. The summed E-state index contributed by atoms with van der Waals surface area (Å²) >= 11 is 1.73. The number of hydrogen-bond acceptors (Lipinski definition) is 4. The van der Waals surface area contributed by atoms with Gasteiger partial charge in [0, 0.05) is 10.6 Å². The summed E-state index contributed by atoms with van der Waals surface area (Å²) in [5, 5.41) is 7.03. The summed E-state index contributed by atoms with van der Waals surface area (Å²) in [5.74, 6) is 0.861. The molecule has 3 N–H and O–H groups in total. The van der Waals surface area contributed by atoms with E-state index in [9.17, 15) is 4.79 Å². The van der Waals surface area contributed by atoms with Crippen molar-refractivity contribution in [2.45, 2.75) is 39.2 Å². The molecule has 1 atom stereocenters. The lowest BCUT2D eigenvalue weighted by atomic mass is 9.98. The van der Waals surface area contributed by atoms with E-state index >= 15 is 0 Å². The van der Waals surface area contributed by atoms with Crippen molar-refractivity contribution in [3.8, 4) is 0 Å². The number of nitrogens with one attached hydrogen (secondary N) is 3. The maximum Gasteiger partial charge on any atom is 0.319 e. The first kappa shape index (κ1) is 15.1. The minimum atomic E-state index is -0.200. The second-order valence-corrected chi connectivity index (χ2v) is 7.43. The molecule has 0 radical (unpaired) electrons. The van der Waals surface area contributed by atoms with Gasteiger partial charge in [0.25, 0.3) is 0 Å². The quantitative estimate of drug-likeness (QED) is 0.662. The second-order valence-electron chi connectivity index (χ2n) is 6.14. The molecule has 2 heterocycles. The lowest BCUT2D eigenvalue weighted by Crippen LogP contribution is -2.34. The van der Waals surface area contributed by atoms with Crippen molar-refractivity contribution in [1.29, 1.82) is 0 Å². The standard InChI is InChI=1S/C17H19N5OS/c1-9-18-12-7-6-11(8-14(12)19-9)21-17(23)22-13-4-3-5-15-16(13)20-10(2)24-15/h6-8,13H,3-5H2,1-2H3,(H,18,19)(H2,21,22,23)/t13-/m1/s1. The highest BCUT2D eigenvalue weighted by atomic mass is 32.1. The van der Waals surface area contributed by atoms with Gasteiger partial charge < -0.3 is 15.6 Å². The number of aromatic nitrogens is 3. The van der Waals surface area contributed by atoms with Gasteiger partial charge in [0.15, 0.2) is 0 Å². The molecule has 6 nitrogen and oxygen atoms in total. The Morgan fingerprint density at radius 3 is 3.08 bits per heavy atom. The van der Waals surface area contributed by atoms with Crippen LogP contribution in [-0.2, 0) is 6.42 Å². The summed E-state index contributed by atoms with van der Waals surface area (Å²) in [6.07, 6.45) is 3.08. The van der Waals surface area contributed by atoms with Gasteiger partial charge in [-0.25, -0.2) is 14.8 Å². The molecule has 2 aromatic heterocycles. The van der Waals surface area contributed by atoms with E-state index in [1.165, 1.54) is 4.88 Å². The minimum absolute atomic E-state index is 0.00294. The van der Waals surface area contributed by atoms with E-state index in [4.69, 9.17) is 0 Å². The van der Waals surface area contributed by atoms with Crippen LogP contribution in [0.15, 0.2) is 18.2 Å². The molecular formula is C17H19N5OS. The van der Waals surface area contributed by atoms with Crippen LogP contribution in [0.25, 0.3) is 11.0 Å². The van der Waals surface area contributed by atoms with Gasteiger partial charge in [0.05, 0.1) is 27.8 Å². The number of hydrogen-bond donors (Lipinski definition) is 3. The summed E-state index contributed by atoms with van der Waals surface area (Å²) in [6.45, 7) is 3.93. The molecule has 1 aromatic carbocycles. The van der Waals surface area contributed by atoms with Crippen molar-refractivity contribution in [3.05, 3.63) is 39.6 Å². The first-order chi connectivity index (χ1) is 11.6. The summed E-state index contributed by atoms with van der Waals surface area (Å²) in [7, 11) is 0. The monoisotopic (exact) mass is 341 g/mol. The van der Waals surface area contributed by atoms with Crippen LogP contribution in [0.4, 0.5) is 10.5 Å². The van der Waals surface area contributed by atoms with E-state index in [1.54, 1.807) is 11.3 Å². The molecule has 0 fully saturated rings. The molecule has 24 heavy (non-hydrogen) atoms. The Labute approximate surface area is 143 Å². The van der Waals surface area contributed by atoms with Crippen LogP contribution < -0.4 is 10.6 Å². The van der Waals surface area contributed by atoms with Crippen molar-refractivity contribution >= 4 is 34.1 Å². The van der Waals surface area contributed by atoms with E-state index in [0.29, 0.717) is 0 Å². The Morgan fingerprint density at radius 1 is 1.33 bits per heavy atom. The minimum Gasteiger partial charge on any atom is -0.342 e. The highest BCUT2D eigenvalue weighted by Gasteiger charge is 2.25. The Kier molecular flexibility index (Phi) is 3.72. The third-order valence-electron chi connectivity index (χ3n) is 4.22. The third kappa shape index (κ3) is 2.87. The molecule has 0 spiro atoms. The number of nitrogens with zero attached hydrogens (tertiary/aromatic N) is 2. The molecule has 3 aromatic rings. The molecule has 0 saturated carbocycles. The zero-order chi connectivity index (χ0) is 16.7. The first-order valence-electron chi connectivity index (χ1n) is 8.08. The van der Waals surface area contributed by atoms with Crippen LogP contribution in [0.1, 0.15) is 40.3 Å². The molecule has 1 aliphatic rings. The molecule has 1 aliphatic carbocycles. The van der Waals surface area contributed by atoms with Crippen molar-refractivity contribution in [2.75, 3.05) is 5.32 Å². The lowest BCUT2D eigenvalue weighted by Gasteiger charge is -2.22. The summed E-state index contributed by atoms with van der Waals surface area (Å²) in [5.41, 5.74) is 3.60. The number of carbonyl (C=O) groups is 1. The van der Waals surface area contributed by atoms with Crippen LogP contribution in [0.5, 0.6) is 0 Å². The number of carbonyl (C=O) groups excluding carboxylic acids is 1. The SMILES string of the molecule is Cc1nc2ccc(NC(=O)N[C@@H]3CCCc4sc(C)nc43)cc2[nH]1. The highest BCUT2D eigenvalue weighted by molar-refractivity contribution is 7.11. The molecule has 124 valence electrons. The van der Waals surface area contributed by atoms with Gasteiger partial charge in [0.2, 0.25) is 0 Å². The van der Waals surface area contributed by atoms with E-state index in [0.717, 1.165) is 52.5 Å². The Bertz CT molecular complexity index is 913. The Balaban J connectivity index is 1.48. The first-order valence-corrected chi connectivity index (χ1v) is 8.90. The van der Waals surface area contributed by atoms with E-state index in [1.807, 2.05) is 32.0 Å². The molecule has 7 heteroatoms. The van der Waals surface area contributed by atoms with E-state index < -0.39 is 0 Å². The molecule has 0 saturated heterocycles. The predicted molar refractivity (Wildman–Crippen MR) is 95.5 cm³/mol. The topological polar surface area (TPSA) is 82.7 Å². The molecule has 2 amide bonds. The van der Waals surface area contributed by atoms with Crippen molar-refractivity contribution in [1.82, 2.24) is 20.3 Å². The Morgan fingerprint density at radius 2 is 2.21 bits per heavy atom. The number of anilines is 1. The number of urea groups is 1. The zero-order valence-electron chi connectivity index (χ0n) is 13.6. The van der Waals surface area contributed by atoms with Gasteiger partial charge in [-0.05, 0) is 51.3 Å². The van der Waals surface area contributed by atoms with Crippen LogP contribution in [0.2, 0.25) is 0 Å². The normalized spacial score (nSPS) is 16.8. The number of fused-ring (bicyclic) bond motifs is 2. The lowest BCUT2D eigenvalue weighted by molar-refractivity contribution is 0.247. The fourth-order valence-corrected chi connectivity index (χ4v) is 4.26. The van der Waals surface area contributed by atoms with Gasteiger partial charge in [-0.3, -0.25) is 0 Å². The van der Waals surface area contributed by atoms with Gasteiger partial charge in [-0.15, -0.1) is 11.3 Å². The van der Waals surface area contributed by atoms with Crippen LogP contribution in [0, 0.1) is 13.8 Å². The van der Waals surface area contributed by atoms with Crippen molar-refractivity contribution in [3.63, 3.8) is 0 Å². The van der Waals surface area contributed by atoms with Crippen LogP contribution in [0.3, 0.4) is 0 Å². The number of aromatic amines is 1. The number of thiazole rings is 1. The molecule has 0 aliphatic heterocycles. The number of benzene rings is 1. The van der Waals surface area contributed by atoms with Gasteiger partial charge in [-0.2, -0.15) is 0 Å².